The first-order chi connectivity index (χ1) is 25.9. The Kier molecular flexibility index (Phi) is 15.2. The molecule has 0 N–H and O–H groups in total. The van der Waals surface area contributed by atoms with Gasteiger partial charge in [-0.3, -0.25) is 0 Å². The van der Waals surface area contributed by atoms with Crippen LogP contribution >= 0.6 is 31.7 Å². The fraction of sp³-hybridized carbons (Fsp3) is 0.763. The van der Waals surface area contributed by atoms with Crippen LogP contribution in [0.1, 0.15) is 19.3 Å². The van der Waals surface area contributed by atoms with E-state index in [0.29, 0.717) is 5.75 Å². The van der Waals surface area contributed by atoms with E-state index in [1.807, 2.05) is 6.07 Å². The molecule has 14 nitrogen and oxygen atoms in total. The van der Waals surface area contributed by atoms with E-state index in [0.717, 1.165) is 54.1 Å². The minimum absolute atomic E-state index is 0.486. The van der Waals surface area contributed by atoms with E-state index in [2.05, 4.69) is 213 Å². The predicted molar refractivity (Wildman–Crippen MR) is 251 cm³/mol. The van der Waals surface area contributed by atoms with E-state index in [9.17, 15) is 0 Å². The van der Waals surface area contributed by atoms with Crippen molar-refractivity contribution in [1.82, 2.24) is 48.1 Å². The Labute approximate surface area is 345 Å². The summed E-state index contributed by atoms with van der Waals surface area (Å²) in [6.07, 6.45) is 5.81. The van der Waals surface area contributed by atoms with Crippen LogP contribution in [0.5, 0.6) is 5.75 Å². The summed E-state index contributed by atoms with van der Waals surface area (Å²) in [7, 11) is 36.5. The summed E-state index contributed by atoms with van der Waals surface area (Å²) in [5.41, 5.74) is 1.84. The summed E-state index contributed by atoms with van der Waals surface area (Å²) in [5, 5.41) is 0. The minimum atomic E-state index is -4.81. The Morgan fingerprint density at radius 3 is 0.929 bits per heavy atom. The molecular formula is C38H77N13OP4. The number of hydrogen-bond acceptors (Lipinski definition) is 14. The molecule has 0 bridgehead atoms. The Bertz CT molecular complexity index is 1430. The molecule has 3 aliphatic heterocycles. The van der Waals surface area contributed by atoms with E-state index < -0.39 is 48.6 Å². The standard InChI is InChI=1S/C38H77N13OP4/c1-42(2)36(43(3)4)26-29-53(48(13)14)33(36)39-56(51(19)20,52-32-24-22-21-23-25-32,40-34-37(44(5)6,45(7)8)27-30-54(34)49(15)16)41-35-38(46(9)10,47(11)12)28-31-55(35)50(17)18/h21-25H,26-31H2,1-20H3. The quantitative estimate of drug-likeness (QED) is 0.166. The molecule has 3 heterocycles. The molecule has 3 fully saturated rings. The van der Waals surface area contributed by atoms with Gasteiger partial charge in [-0.25, -0.2) is 0 Å². The second-order valence-corrected chi connectivity index (χ2v) is 28.1. The number of rotatable bonds is 15. The average Bonchev–Trinajstić information content (AvgIpc) is 3.78. The van der Waals surface area contributed by atoms with Crippen LogP contribution in [0.3, 0.4) is 0 Å². The van der Waals surface area contributed by atoms with Gasteiger partial charge in [0.15, 0.2) is 0 Å². The van der Waals surface area contributed by atoms with E-state index in [4.69, 9.17) is 18.8 Å². The van der Waals surface area contributed by atoms with Gasteiger partial charge in [-0.1, -0.05) is 0 Å². The number of hydrogen-bond donors (Lipinski definition) is 0. The van der Waals surface area contributed by atoms with Gasteiger partial charge >= 0.3 is 347 Å². The van der Waals surface area contributed by atoms with Crippen molar-refractivity contribution >= 4 is 48.0 Å². The third-order valence-corrected chi connectivity index (χ3v) is 24.0. The van der Waals surface area contributed by atoms with E-state index in [1.165, 1.54) is 0 Å². The molecule has 0 amide bonds. The van der Waals surface area contributed by atoms with Gasteiger partial charge < -0.3 is 0 Å². The average molecular weight is 856 g/mol. The fourth-order valence-corrected chi connectivity index (χ4v) is 21.9. The first-order valence-electron chi connectivity index (χ1n) is 19.6. The zero-order chi connectivity index (χ0) is 42.4. The summed E-state index contributed by atoms with van der Waals surface area (Å²) >= 11 is 0. The molecule has 0 aliphatic carbocycles. The topological polar surface area (TPSA) is 78.7 Å². The molecule has 3 saturated heterocycles. The zero-order valence-electron chi connectivity index (χ0n) is 38.6. The normalized spacial score (nSPS) is 27.1. The first kappa shape index (κ1) is 48.0. The Hall–Kier alpha value is -0.650. The predicted octanol–water partition coefficient (Wildman–Crippen LogP) is 5.50. The van der Waals surface area contributed by atoms with Crippen LogP contribution in [0.4, 0.5) is 0 Å². The van der Waals surface area contributed by atoms with Crippen molar-refractivity contribution in [3.8, 4) is 5.75 Å². The van der Waals surface area contributed by atoms with Gasteiger partial charge in [0, 0.05) is 0 Å². The van der Waals surface area contributed by atoms with Gasteiger partial charge in [0.2, 0.25) is 0 Å². The molecule has 0 spiro atoms. The molecule has 4 rings (SSSR count). The van der Waals surface area contributed by atoms with Gasteiger partial charge in [-0.15, -0.1) is 0 Å². The number of para-hydroxylation sites is 1. The Morgan fingerprint density at radius 1 is 0.446 bits per heavy atom. The molecule has 18 heteroatoms. The molecule has 1 aromatic rings. The summed E-state index contributed by atoms with van der Waals surface area (Å²) in [6.45, 7) is 0. The summed E-state index contributed by atoms with van der Waals surface area (Å²) < 4.78 is 36.5. The van der Waals surface area contributed by atoms with Gasteiger partial charge in [0.05, 0.1) is 0 Å². The van der Waals surface area contributed by atoms with Crippen LogP contribution in [0.25, 0.3) is 0 Å². The van der Waals surface area contributed by atoms with Crippen molar-refractivity contribution in [2.75, 3.05) is 159 Å². The van der Waals surface area contributed by atoms with Gasteiger partial charge in [-0.2, -0.15) is 0 Å². The van der Waals surface area contributed by atoms with Crippen molar-refractivity contribution in [1.29, 1.82) is 0 Å². The number of benzene rings is 1. The van der Waals surface area contributed by atoms with Crippen LogP contribution in [-0.2, 0) is 0 Å². The molecule has 56 heavy (non-hydrogen) atoms. The molecular weight excluding hydrogens is 778 g/mol. The Morgan fingerprint density at radius 2 is 0.714 bits per heavy atom. The molecule has 0 aromatic heterocycles. The molecule has 320 valence electrons. The van der Waals surface area contributed by atoms with Gasteiger partial charge in [0.1, 0.15) is 0 Å². The fourth-order valence-electron chi connectivity index (χ4n) is 9.01. The molecule has 0 saturated carbocycles. The third-order valence-electron chi connectivity index (χ3n) is 12.2. The van der Waals surface area contributed by atoms with Crippen LogP contribution in [-0.4, -0.2) is 241 Å². The van der Waals surface area contributed by atoms with E-state index >= 15 is 0 Å². The SMILES string of the molecule is CN(C)P1CCC(N(C)C)(N(C)C)C1=NP(N=C1P(N(C)C)CCC1(N(C)C)N(C)C)(N=C1P(N(C)C)CCC1(N(C)C)N(C)C)(Oc1ccccc1)N(C)C. The van der Waals surface area contributed by atoms with E-state index in [1.54, 1.807) is 0 Å². The summed E-state index contributed by atoms with van der Waals surface area (Å²) in [5.74, 6) is 0.712. The van der Waals surface area contributed by atoms with Crippen LogP contribution < -0.4 is 4.52 Å². The summed E-state index contributed by atoms with van der Waals surface area (Å²) in [4.78, 5) is 14.2. The Balaban J connectivity index is 2.50. The van der Waals surface area contributed by atoms with Crippen molar-refractivity contribution in [2.45, 2.75) is 36.3 Å². The zero-order valence-corrected chi connectivity index (χ0v) is 42.2. The molecule has 3 atom stereocenters. The van der Waals surface area contributed by atoms with Crippen molar-refractivity contribution in [3.05, 3.63) is 30.3 Å². The van der Waals surface area contributed by atoms with E-state index in [-0.39, 0.29) is 0 Å². The van der Waals surface area contributed by atoms with Gasteiger partial charge in [-0.05, 0) is 0 Å². The van der Waals surface area contributed by atoms with Crippen molar-refractivity contribution in [3.63, 3.8) is 0 Å². The summed E-state index contributed by atoms with van der Waals surface area (Å²) in [6, 6.07) is 10.3. The second-order valence-electron chi connectivity index (χ2n) is 17.4. The third kappa shape index (κ3) is 7.98. The van der Waals surface area contributed by atoms with Crippen molar-refractivity contribution in [2.24, 2.45) is 14.3 Å². The van der Waals surface area contributed by atoms with Crippen molar-refractivity contribution < 1.29 is 4.52 Å². The molecule has 0 radical (unpaired) electrons. The maximum atomic E-state index is 7.94. The van der Waals surface area contributed by atoms with Gasteiger partial charge in [0.25, 0.3) is 0 Å². The molecule has 3 aliphatic rings. The monoisotopic (exact) mass is 856 g/mol. The molecule has 3 unspecified atom stereocenters. The van der Waals surface area contributed by atoms with Crippen LogP contribution in [0, 0.1) is 0 Å². The first-order valence-corrected chi connectivity index (χ1v) is 26.0. The van der Waals surface area contributed by atoms with Crippen LogP contribution in [0.2, 0.25) is 0 Å². The number of nitrogens with zero attached hydrogens (tertiary/aromatic N) is 13. The maximum absolute atomic E-state index is 7.94. The van der Waals surface area contributed by atoms with Crippen LogP contribution in [0.15, 0.2) is 44.6 Å². The molecule has 1 aromatic carbocycles. The second kappa shape index (κ2) is 17.8.